The first-order valence-electron chi connectivity index (χ1n) is 9.68. The number of nitrogens with zero attached hydrogens (tertiary/aromatic N) is 2. The lowest BCUT2D eigenvalue weighted by Gasteiger charge is -2.27. The first kappa shape index (κ1) is 23.2. The molecule has 2 heterocycles. The average molecular weight is 419 g/mol. The SMILES string of the molecule is COC(=O)C1CCCN1C(=O)OC(C)(C)C.COc1ccc2nc(C)c(=O)[nH]c2c1. The van der Waals surface area contributed by atoms with E-state index in [1.807, 2.05) is 12.1 Å². The van der Waals surface area contributed by atoms with Crippen LogP contribution in [0.25, 0.3) is 11.0 Å². The van der Waals surface area contributed by atoms with E-state index in [0.29, 0.717) is 29.9 Å². The molecule has 1 aromatic heterocycles. The van der Waals surface area contributed by atoms with Gasteiger partial charge in [-0.05, 0) is 52.7 Å². The second-order valence-electron chi connectivity index (χ2n) is 7.89. The quantitative estimate of drug-likeness (QED) is 0.745. The lowest BCUT2D eigenvalue weighted by atomic mass is 10.2. The van der Waals surface area contributed by atoms with Crippen molar-refractivity contribution in [3.63, 3.8) is 0 Å². The molecule has 1 atom stereocenters. The molecule has 9 heteroatoms. The molecule has 0 aliphatic carbocycles. The van der Waals surface area contributed by atoms with Crippen LogP contribution in [0.1, 0.15) is 39.3 Å². The van der Waals surface area contributed by atoms with E-state index in [4.69, 9.17) is 9.47 Å². The Bertz CT molecular complexity index is 963. The molecule has 1 fully saturated rings. The summed E-state index contributed by atoms with van der Waals surface area (Å²) in [5.74, 6) is 0.335. The summed E-state index contributed by atoms with van der Waals surface area (Å²) in [4.78, 5) is 42.8. The molecule has 0 saturated carbocycles. The Morgan fingerprint density at radius 1 is 1.23 bits per heavy atom. The summed E-state index contributed by atoms with van der Waals surface area (Å²) in [6, 6.07) is 4.90. The highest BCUT2D eigenvalue weighted by atomic mass is 16.6. The van der Waals surface area contributed by atoms with Gasteiger partial charge in [0.2, 0.25) is 0 Å². The first-order chi connectivity index (χ1) is 14.1. The largest absolute Gasteiger partial charge is 0.497 e. The van der Waals surface area contributed by atoms with Crippen molar-refractivity contribution >= 4 is 23.1 Å². The van der Waals surface area contributed by atoms with E-state index in [-0.39, 0.29) is 11.5 Å². The Balaban J connectivity index is 0.000000215. The number of benzene rings is 1. The number of likely N-dealkylation sites (tertiary alicyclic amines) is 1. The molecule has 1 unspecified atom stereocenters. The number of H-pyrrole nitrogens is 1. The number of esters is 1. The molecule has 1 N–H and O–H groups in total. The molecule has 1 aliphatic heterocycles. The number of aryl methyl sites for hydroxylation is 1. The highest BCUT2D eigenvalue weighted by molar-refractivity contribution is 5.82. The number of fused-ring (bicyclic) bond motifs is 1. The zero-order chi connectivity index (χ0) is 22.5. The third kappa shape index (κ3) is 5.95. The van der Waals surface area contributed by atoms with Crippen LogP contribution in [0.2, 0.25) is 0 Å². The van der Waals surface area contributed by atoms with E-state index < -0.39 is 17.7 Å². The summed E-state index contributed by atoms with van der Waals surface area (Å²) >= 11 is 0. The Hall–Kier alpha value is -3.10. The van der Waals surface area contributed by atoms with Gasteiger partial charge >= 0.3 is 12.1 Å². The van der Waals surface area contributed by atoms with Crippen LogP contribution < -0.4 is 10.3 Å². The van der Waals surface area contributed by atoms with Crippen LogP contribution in [0.3, 0.4) is 0 Å². The highest BCUT2D eigenvalue weighted by Gasteiger charge is 2.37. The molecule has 0 spiro atoms. The van der Waals surface area contributed by atoms with Crippen LogP contribution in [0, 0.1) is 6.92 Å². The normalized spacial score (nSPS) is 15.9. The Labute approximate surface area is 175 Å². The Morgan fingerprint density at radius 2 is 1.93 bits per heavy atom. The van der Waals surface area contributed by atoms with E-state index in [9.17, 15) is 14.4 Å². The van der Waals surface area contributed by atoms with Crippen molar-refractivity contribution in [2.45, 2.75) is 52.2 Å². The highest BCUT2D eigenvalue weighted by Crippen LogP contribution is 2.21. The van der Waals surface area contributed by atoms with E-state index in [1.54, 1.807) is 40.9 Å². The number of ether oxygens (including phenoxy) is 3. The van der Waals surface area contributed by atoms with Gasteiger partial charge in [0.15, 0.2) is 0 Å². The fraction of sp³-hybridized carbons (Fsp3) is 0.524. The third-order valence-corrected chi connectivity index (χ3v) is 4.42. The zero-order valence-electron chi connectivity index (χ0n) is 18.3. The number of methoxy groups -OCH3 is 2. The third-order valence-electron chi connectivity index (χ3n) is 4.42. The molecule has 9 nitrogen and oxygen atoms in total. The van der Waals surface area contributed by atoms with Gasteiger partial charge < -0.3 is 19.2 Å². The van der Waals surface area contributed by atoms with Crippen molar-refractivity contribution in [2.75, 3.05) is 20.8 Å². The van der Waals surface area contributed by atoms with Crippen LogP contribution in [0.15, 0.2) is 23.0 Å². The van der Waals surface area contributed by atoms with Crippen LogP contribution in [0.5, 0.6) is 5.75 Å². The van der Waals surface area contributed by atoms with Crippen molar-refractivity contribution in [1.82, 2.24) is 14.9 Å². The number of aromatic amines is 1. The second-order valence-corrected chi connectivity index (χ2v) is 7.89. The number of hydrogen-bond donors (Lipinski definition) is 1. The summed E-state index contributed by atoms with van der Waals surface area (Å²) in [5.41, 5.74) is 1.23. The molecule has 1 aliphatic rings. The molecule has 30 heavy (non-hydrogen) atoms. The number of carbonyl (C=O) groups is 2. The maximum atomic E-state index is 11.8. The van der Waals surface area contributed by atoms with Crippen molar-refractivity contribution in [2.24, 2.45) is 0 Å². The first-order valence-corrected chi connectivity index (χ1v) is 9.68. The van der Waals surface area contributed by atoms with E-state index >= 15 is 0 Å². The van der Waals surface area contributed by atoms with Gasteiger partial charge in [-0.2, -0.15) is 0 Å². The van der Waals surface area contributed by atoms with Gasteiger partial charge in [-0.3, -0.25) is 9.69 Å². The van der Waals surface area contributed by atoms with E-state index in [1.165, 1.54) is 12.0 Å². The monoisotopic (exact) mass is 419 g/mol. The number of amides is 1. The lowest BCUT2D eigenvalue weighted by Crippen LogP contribution is -2.43. The fourth-order valence-electron chi connectivity index (χ4n) is 2.97. The van der Waals surface area contributed by atoms with Crippen LogP contribution in [-0.2, 0) is 14.3 Å². The van der Waals surface area contributed by atoms with Gasteiger partial charge in [0.25, 0.3) is 5.56 Å². The molecule has 0 radical (unpaired) electrons. The van der Waals surface area contributed by atoms with E-state index in [0.717, 1.165) is 11.9 Å². The molecule has 164 valence electrons. The molecule has 2 aromatic rings. The summed E-state index contributed by atoms with van der Waals surface area (Å²) in [6.45, 7) is 7.63. The summed E-state index contributed by atoms with van der Waals surface area (Å²) in [6.07, 6.45) is 1.01. The minimum atomic E-state index is -0.541. The van der Waals surface area contributed by atoms with Gasteiger partial charge in [0.1, 0.15) is 23.1 Å². The number of hydrogen-bond acceptors (Lipinski definition) is 7. The number of rotatable bonds is 2. The van der Waals surface area contributed by atoms with Gasteiger partial charge in [0.05, 0.1) is 25.3 Å². The smallest absolute Gasteiger partial charge is 0.411 e. The van der Waals surface area contributed by atoms with Gasteiger partial charge in [-0.1, -0.05) is 0 Å². The standard InChI is InChI=1S/C11H19NO4.C10H10N2O2/c1-11(2,3)16-10(14)12-7-5-6-8(12)9(13)15-4;1-6-10(13)12-9-5-7(14-2)3-4-8(9)11-6/h8H,5-7H2,1-4H3;3-5H,1-2H3,(H,12,13). The molecular formula is C21H29N3O6. The van der Waals surface area contributed by atoms with Gasteiger partial charge in [0, 0.05) is 12.6 Å². The predicted octanol–water partition coefficient (Wildman–Crippen LogP) is 2.80. The molecule has 3 rings (SSSR count). The number of nitrogens with one attached hydrogen (secondary N) is 1. The summed E-state index contributed by atoms with van der Waals surface area (Å²) in [7, 11) is 2.91. The molecule has 1 saturated heterocycles. The Morgan fingerprint density at radius 3 is 2.53 bits per heavy atom. The topological polar surface area (TPSA) is 111 Å². The maximum Gasteiger partial charge on any atom is 0.411 e. The summed E-state index contributed by atoms with van der Waals surface area (Å²) in [5, 5.41) is 0. The predicted molar refractivity (Wildman–Crippen MR) is 112 cm³/mol. The molecule has 1 amide bonds. The van der Waals surface area contributed by atoms with Crippen molar-refractivity contribution < 1.29 is 23.8 Å². The second kappa shape index (κ2) is 9.60. The van der Waals surface area contributed by atoms with Crippen molar-refractivity contribution in [1.29, 1.82) is 0 Å². The number of aromatic nitrogens is 2. The van der Waals surface area contributed by atoms with Gasteiger partial charge in [-0.15, -0.1) is 0 Å². The summed E-state index contributed by atoms with van der Waals surface area (Å²) < 4.78 is 14.9. The van der Waals surface area contributed by atoms with Crippen molar-refractivity contribution in [3.05, 3.63) is 34.2 Å². The molecule has 0 bridgehead atoms. The minimum Gasteiger partial charge on any atom is -0.497 e. The van der Waals surface area contributed by atoms with Gasteiger partial charge in [-0.25, -0.2) is 14.6 Å². The lowest BCUT2D eigenvalue weighted by molar-refractivity contribution is -0.145. The van der Waals surface area contributed by atoms with Crippen LogP contribution in [-0.4, -0.2) is 59.3 Å². The molecule has 1 aromatic carbocycles. The minimum absolute atomic E-state index is 0.161. The number of carbonyl (C=O) groups excluding carboxylic acids is 2. The maximum absolute atomic E-state index is 11.8. The average Bonchev–Trinajstić information content (AvgIpc) is 3.17. The molecular weight excluding hydrogens is 390 g/mol. The van der Waals surface area contributed by atoms with Crippen LogP contribution >= 0.6 is 0 Å². The Kier molecular flexibility index (Phi) is 7.42. The van der Waals surface area contributed by atoms with Crippen LogP contribution in [0.4, 0.5) is 4.79 Å². The fourth-order valence-corrected chi connectivity index (χ4v) is 2.97. The van der Waals surface area contributed by atoms with E-state index in [2.05, 4.69) is 14.7 Å². The zero-order valence-corrected chi connectivity index (χ0v) is 18.3. The van der Waals surface area contributed by atoms with Crippen molar-refractivity contribution in [3.8, 4) is 5.75 Å².